The molecule has 174 valence electrons. The SMILES string of the molecule is Cc1cc(S(=O)(=O)C2CCCC2)cc(=O)n1C(CC1CCCCC1)C(=O)Cc1nccs1. The fraction of sp³-hybridized carbons (Fsp3) is 0.625. The number of aromatic nitrogens is 2. The van der Waals surface area contributed by atoms with E-state index in [4.69, 9.17) is 0 Å². The number of carbonyl (C=O) groups is 1. The van der Waals surface area contributed by atoms with Gasteiger partial charge in [0.15, 0.2) is 15.6 Å². The third-order valence-corrected chi connectivity index (χ3v) is 10.1. The summed E-state index contributed by atoms with van der Waals surface area (Å²) in [5.41, 5.74) is 0.150. The Kier molecular flexibility index (Phi) is 7.30. The quantitative estimate of drug-likeness (QED) is 0.553. The van der Waals surface area contributed by atoms with Crippen molar-refractivity contribution in [1.29, 1.82) is 0 Å². The maximum atomic E-state index is 13.4. The molecule has 0 aromatic carbocycles. The number of Topliss-reactive ketones (excluding diaryl/α,β-unsaturated/α-hetero) is 1. The maximum Gasteiger partial charge on any atom is 0.252 e. The van der Waals surface area contributed by atoms with E-state index >= 15 is 0 Å². The summed E-state index contributed by atoms with van der Waals surface area (Å²) in [6, 6.07) is 2.25. The zero-order chi connectivity index (χ0) is 22.7. The molecule has 0 N–H and O–H groups in total. The topological polar surface area (TPSA) is 86.1 Å². The van der Waals surface area contributed by atoms with Gasteiger partial charge in [-0.3, -0.25) is 9.59 Å². The molecule has 0 bridgehead atoms. The molecule has 2 aliphatic rings. The highest BCUT2D eigenvalue weighted by atomic mass is 32.2. The first kappa shape index (κ1) is 23.4. The van der Waals surface area contributed by atoms with Crippen LogP contribution in [0, 0.1) is 12.8 Å². The number of rotatable bonds is 8. The van der Waals surface area contributed by atoms with Crippen LogP contribution in [-0.4, -0.2) is 29.0 Å². The molecule has 2 heterocycles. The molecule has 8 heteroatoms. The van der Waals surface area contributed by atoms with Crippen LogP contribution >= 0.6 is 11.3 Å². The molecule has 32 heavy (non-hydrogen) atoms. The molecule has 0 radical (unpaired) electrons. The van der Waals surface area contributed by atoms with Crippen LogP contribution in [-0.2, 0) is 21.1 Å². The van der Waals surface area contributed by atoms with Crippen molar-refractivity contribution >= 4 is 27.0 Å². The average molecular weight is 477 g/mol. The Bertz CT molecular complexity index is 1090. The minimum absolute atomic E-state index is 0.0258. The van der Waals surface area contributed by atoms with Crippen molar-refractivity contribution < 1.29 is 13.2 Å². The zero-order valence-corrected chi connectivity index (χ0v) is 20.3. The van der Waals surface area contributed by atoms with Crippen LogP contribution in [0.1, 0.15) is 81.0 Å². The Morgan fingerprint density at radius 3 is 2.44 bits per heavy atom. The molecule has 2 fully saturated rings. The number of ketones is 1. The van der Waals surface area contributed by atoms with E-state index in [-0.39, 0.29) is 17.1 Å². The molecule has 6 nitrogen and oxygen atoms in total. The molecule has 2 saturated carbocycles. The summed E-state index contributed by atoms with van der Waals surface area (Å²) >= 11 is 1.44. The van der Waals surface area contributed by atoms with Gasteiger partial charge in [0.1, 0.15) is 0 Å². The molecule has 0 amide bonds. The molecular formula is C24H32N2O4S2. The Morgan fingerprint density at radius 1 is 1.12 bits per heavy atom. The summed E-state index contributed by atoms with van der Waals surface area (Å²) in [5.74, 6) is 0.379. The van der Waals surface area contributed by atoms with Crippen LogP contribution < -0.4 is 5.56 Å². The van der Waals surface area contributed by atoms with Crippen molar-refractivity contribution in [1.82, 2.24) is 9.55 Å². The Hall–Kier alpha value is -1.80. The molecule has 2 aromatic heterocycles. The van der Waals surface area contributed by atoms with Gasteiger partial charge in [-0.15, -0.1) is 11.3 Å². The van der Waals surface area contributed by atoms with Crippen LogP contribution in [0.4, 0.5) is 0 Å². The van der Waals surface area contributed by atoms with Gasteiger partial charge in [-0.1, -0.05) is 44.9 Å². The van der Waals surface area contributed by atoms with Gasteiger partial charge in [0.2, 0.25) is 0 Å². The van der Waals surface area contributed by atoms with Gasteiger partial charge in [0.05, 0.1) is 27.6 Å². The van der Waals surface area contributed by atoms with E-state index in [1.54, 1.807) is 19.2 Å². The van der Waals surface area contributed by atoms with E-state index in [2.05, 4.69) is 4.98 Å². The van der Waals surface area contributed by atoms with E-state index in [0.717, 1.165) is 43.5 Å². The predicted molar refractivity (Wildman–Crippen MR) is 126 cm³/mol. The minimum Gasteiger partial charge on any atom is -0.302 e. The molecule has 0 aliphatic heterocycles. The smallest absolute Gasteiger partial charge is 0.252 e. The van der Waals surface area contributed by atoms with Crippen LogP contribution in [0.25, 0.3) is 0 Å². The van der Waals surface area contributed by atoms with Crippen molar-refractivity contribution in [3.8, 4) is 0 Å². The molecular weight excluding hydrogens is 444 g/mol. The van der Waals surface area contributed by atoms with Crippen molar-refractivity contribution in [2.45, 2.75) is 93.7 Å². The van der Waals surface area contributed by atoms with Gasteiger partial charge < -0.3 is 4.57 Å². The number of carbonyl (C=O) groups excluding carboxylic acids is 1. The van der Waals surface area contributed by atoms with Gasteiger partial charge in [-0.05, 0) is 38.2 Å². The van der Waals surface area contributed by atoms with E-state index < -0.39 is 26.7 Å². The van der Waals surface area contributed by atoms with Crippen molar-refractivity contribution in [3.63, 3.8) is 0 Å². The average Bonchev–Trinajstić information content (AvgIpc) is 3.48. The number of aryl methyl sites for hydroxylation is 1. The van der Waals surface area contributed by atoms with Gasteiger partial charge in [0.25, 0.3) is 5.56 Å². The molecule has 0 spiro atoms. The maximum absolute atomic E-state index is 13.4. The first-order valence-corrected chi connectivity index (χ1v) is 14.2. The largest absolute Gasteiger partial charge is 0.302 e. The fourth-order valence-electron chi connectivity index (χ4n) is 5.36. The zero-order valence-electron chi connectivity index (χ0n) is 18.7. The monoisotopic (exact) mass is 476 g/mol. The summed E-state index contributed by atoms with van der Waals surface area (Å²) in [4.78, 5) is 31.0. The number of nitrogens with zero attached hydrogens (tertiary/aromatic N) is 2. The van der Waals surface area contributed by atoms with E-state index in [0.29, 0.717) is 30.9 Å². The minimum atomic E-state index is -3.52. The number of pyridine rings is 1. The normalized spacial score (nSPS) is 19.3. The lowest BCUT2D eigenvalue weighted by molar-refractivity contribution is -0.122. The second kappa shape index (κ2) is 10.00. The number of thiazole rings is 1. The third-order valence-electron chi connectivity index (χ3n) is 7.08. The molecule has 0 saturated heterocycles. The summed E-state index contributed by atoms with van der Waals surface area (Å²) in [5, 5.41) is 2.19. The molecule has 4 rings (SSSR count). The molecule has 1 atom stereocenters. The Balaban J connectivity index is 1.67. The van der Waals surface area contributed by atoms with Gasteiger partial charge in [-0.2, -0.15) is 0 Å². The first-order chi connectivity index (χ1) is 15.4. The summed E-state index contributed by atoms with van der Waals surface area (Å²) < 4.78 is 27.7. The molecule has 2 aliphatic carbocycles. The summed E-state index contributed by atoms with van der Waals surface area (Å²) in [6.45, 7) is 1.75. The first-order valence-electron chi connectivity index (χ1n) is 11.7. The fourth-order valence-corrected chi connectivity index (χ4v) is 7.93. The second-order valence-electron chi connectivity index (χ2n) is 9.32. The van der Waals surface area contributed by atoms with Gasteiger partial charge in [0, 0.05) is 23.3 Å². The van der Waals surface area contributed by atoms with Crippen molar-refractivity contribution in [3.05, 3.63) is 44.8 Å². The van der Waals surface area contributed by atoms with Crippen LogP contribution in [0.3, 0.4) is 0 Å². The highest BCUT2D eigenvalue weighted by Crippen LogP contribution is 2.33. The number of hydrogen-bond acceptors (Lipinski definition) is 6. The lowest BCUT2D eigenvalue weighted by atomic mass is 9.83. The lowest BCUT2D eigenvalue weighted by Crippen LogP contribution is -2.34. The van der Waals surface area contributed by atoms with Gasteiger partial charge >= 0.3 is 0 Å². The van der Waals surface area contributed by atoms with Crippen molar-refractivity contribution in [2.75, 3.05) is 0 Å². The van der Waals surface area contributed by atoms with E-state index in [1.165, 1.54) is 28.4 Å². The standard InChI is InChI=1S/C24H32N2O4S2/c1-17-13-20(32(29,30)19-9-5-6-10-19)15-24(28)26(17)21(14-18-7-3-2-4-8-18)22(27)16-23-25-11-12-31-23/h11-13,15,18-19,21H,2-10,14,16H2,1H3. The van der Waals surface area contributed by atoms with Gasteiger partial charge in [-0.25, -0.2) is 13.4 Å². The second-order valence-corrected chi connectivity index (χ2v) is 12.5. The van der Waals surface area contributed by atoms with E-state index in [1.807, 2.05) is 5.38 Å². The lowest BCUT2D eigenvalue weighted by Gasteiger charge is -2.28. The molecule has 1 unspecified atom stereocenters. The van der Waals surface area contributed by atoms with Crippen LogP contribution in [0.2, 0.25) is 0 Å². The van der Waals surface area contributed by atoms with E-state index in [9.17, 15) is 18.0 Å². The predicted octanol–water partition coefficient (Wildman–Crippen LogP) is 4.65. The third kappa shape index (κ3) is 5.06. The van der Waals surface area contributed by atoms with Crippen molar-refractivity contribution in [2.24, 2.45) is 5.92 Å². The summed E-state index contributed by atoms with van der Waals surface area (Å²) in [7, 11) is -3.52. The Morgan fingerprint density at radius 2 is 1.81 bits per heavy atom. The highest BCUT2D eigenvalue weighted by molar-refractivity contribution is 7.92. The number of sulfone groups is 1. The number of hydrogen-bond donors (Lipinski definition) is 0. The highest BCUT2D eigenvalue weighted by Gasteiger charge is 2.33. The summed E-state index contributed by atoms with van der Waals surface area (Å²) in [6.07, 6.45) is 11.3. The Labute approximate surface area is 194 Å². The van der Waals surface area contributed by atoms with Crippen LogP contribution in [0.15, 0.2) is 33.4 Å². The molecule has 2 aromatic rings. The van der Waals surface area contributed by atoms with Crippen LogP contribution in [0.5, 0.6) is 0 Å².